The third kappa shape index (κ3) is 52.9. The molecule has 9 nitrogen and oxygen atoms in total. The van der Waals surface area contributed by atoms with Crippen molar-refractivity contribution < 1.29 is 42.9 Å². The molecule has 2 atom stereocenters. The average Bonchev–Trinajstić information content (AvgIpc) is 3.31. The van der Waals surface area contributed by atoms with Crippen LogP contribution >= 0.6 is 0 Å². The Morgan fingerprint density at radius 2 is 0.783 bits per heavy atom. The summed E-state index contributed by atoms with van der Waals surface area (Å²) in [7, 11) is 5.96. The third-order valence-corrected chi connectivity index (χ3v) is 12.6. The van der Waals surface area contributed by atoms with Gasteiger partial charge in [0, 0.05) is 12.8 Å². The molecular weight excluding hydrogens is 863 g/mol. The molecule has 0 amide bonds. The predicted molar refractivity (Wildman–Crippen MR) is 290 cm³/mol. The summed E-state index contributed by atoms with van der Waals surface area (Å²) in [5.41, 5.74) is 0. The van der Waals surface area contributed by atoms with Crippen LogP contribution < -0.4 is 0 Å². The van der Waals surface area contributed by atoms with Crippen LogP contribution in [0.25, 0.3) is 0 Å². The van der Waals surface area contributed by atoms with Gasteiger partial charge >= 0.3 is 17.9 Å². The first-order valence-electron chi connectivity index (χ1n) is 28.8. The fourth-order valence-electron chi connectivity index (χ4n) is 8.07. The van der Waals surface area contributed by atoms with Gasteiger partial charge in [0.1, 0.15) is 13.2 Å². The topological polar surface area (TPSA) is 108 Å². The number of ether oxygens (including phenoxy) is 4. The van der Waals surface area contributed by atoms with Crippen LogP contribution in [0.4, 0.5) is 0 Å². The van der Waals surface area contributed by atoms with Gasteiger partial charge < -0.3 is 28.5 Å². The molecule has 69 heavy (non-hydrogen) atoms. The monoisotopic (exact) mass is 973 g/mol. The molecule has 0 rings (SSSR count). The van der Waals surface area contributed by atoms with Crippen LogP contribution in [0.15, 0.2) is 48.6 Å². The summed E-state index contributed by atoms with van der Waals surface area (Å²) in [6, 6.07) is 0. The highest BCUT2D eigenvalue weighted by atomic mass is 16.7. The van der Waals surface area contributed by atoms with Crippen molar-refractivity contribution in [3.8, 4) is 0 Å². The Morgan fingerprint density at radius 1 is 0.435 bits per heavy atom. The summed E-state index contributed by atoms with van der Waals surface area (Å²) < 4.78 is 22.9. The van der Waals surface area contributed by atoms with Gasteiger partial charge in [-0.1, -0.05) is 217 Å². The SMILES string of the molecule is CCCCCCC/C=C\C/C=C\C/C=C\CCCCCCCCC(=O)OC(COC(=O)CCCCCCCCCCCCC/C=C\CCCCCCCCCC)COC(OCC[N+](C)(C)C)C(=O)O. The number of hydrogen-bond donors (Lipinski definition) is 1. The molecule has 0 aromatic rings. The van der Waals surface area contributed by atoms with Crippen LogP contribution in [0.1, 0.15) is 258 Å². The lowest BCUT2D eigenvalue weighted by atomic mass is 10.0. The number of likely N-dealkylation sites (N-methyl/N-ethyl adjacent to an activating group) is 1. The van der Waals surface area contributed by atoms with E-state index in [0.717, 1.165) is 57.8 Å². The number of carboxylic acids is 1. The van der Waals surface area contributed by atoms with E-state index in [4.69, 9.17) is 18.9 Å². The van der Waals surface area contributed by atoms with E-state index in [1.54, 1.807) is 0 Å². The fourth-order valence-corrected chi connectivity index (χ4v) is 8.07. The van der Waals surface area contributed by atoms with Gasteiger partial charge in [0.25, 0.3) is 6.29 Å². The molecule has 9 heteroatoms. The molecule has 0 aromatic carbocycles. The number of hydrogen-bond acceptors (Lipinski definition) is 7. The van der Waals surface area contributed by atoms with Gasteiger partial charge in [-0.05, 0) is 77.0 Å². The molecule has 0 aliphatic rings. The molecule has 0 bridgehead atoms. The second-order valence-electron chi connectivity index (χ2n) is 20.6. The maximum atomic E-state index is 12.9. The molecule has 0 saturated heterocycles. The number of allylic oxidation sites excluding steroid dienone is 8. The van der Waals surface area contributed by atoms with Gasteiger partial charge in [-0.3, -0.25) is 9.59 Å². The Kier molecular flexibility index (Phi) is 49.5. The molecule has 0 spiro atoms. The summed E-state index contributed by atoms with van der Waals surface area (Å²) in [5, 5.41) is 9.70. The number of carbonyl (C=O) groups is 3. The van der Waals surface area contributed by atoms with E-state index in [1.807, 2.05) is 21.1 Å². The minimum Gasteiger partial charge on any atom is -0.477 e. The van der Waals surface area contributed by atoms with Crippen molar-refractivity contribution in [3.05, 3.63) is 48.6 Å². The van der Waals surface area contributed by atoms with Crippen molar-refractivity contribution in [1.29, 1.82) is 0 Å². The summed E-state index contributed by atoms with van der Waals surface area (Å²) in [5.74, 6) is -2.02. The van der Waals surface area contributed by atoms with Crippen molar-refractivity contribution >= 4 is 17.9 Å². The third-order valence-electron chi connectivity index (χ3n) is 12.6. The van der Waals surface area contributed by atoms with Crippen molar-refractivity contribution in [1.82, 2.24) is 0 Å². The van der Waals surface area contributed by atoms with Crippen molar-refractivity contribution in [2.45, 2.75) is 270 Å². The highest BCUT2D eigenvalue weighted by Gasteiger charge is 2.25. The largest absolute Gasteiger partial charge is 0.477 e. The Balaban J connectivity index is 4.28. The van der Waals surface area contributed by atoms with Crippen LogP contribution in [0.3, 0.4) is 0 Å². The maximum Gasteiger partial charge on any atom is 0.361 e. The Bertz CT molecular complexity index is 1270. The number of carbonyl (C=O) groups excluding carboxylic acids is 2. The number of rotatable bonds is 53. The molecule has 402 valence electrons. The van der Waals surface area contributed by atoms with Gasteiger partial charge in [-0.25, -0.2) is 4.79 Å². The quantitative estimate of drug-likeness (QED) is 0.0211. The lowest BCUT2D eigenvalue weighted by Gasteiger charge is -2.25. The van der Waals surface area contributed by atoms with Crippen molar-refractivity contribution in [2.24, 2.45) is 0 Å². The van der Waals surface area contributed by atoms with E-state index in [-0.39, 0.29) is 32.2 Å². The first kappa shape index (κ1) is 66.2. The van der Waals surface area contributed by atoms with Crippen molar-refractivity contribution in [2.75, 3.05) is 47.5 Å². The lowest BCUT2D eigenvalue weighted by molar-refractivity contribution is -0.870. The number of nitrogens with zero attached hydrogens (tertiary/aromatic N) is 1. The average molecular weight is 974 g/mol. The van der Waals surface area contributed by atoms with Crippen LogP contribution in [-0.4, -0.2) is 87.4 Å². The molecule has 0 saturated carbocycles. The molecular formula is C60H110NO8+. The van der Waals surface area contributed by atoms with Crippen LogP contribution in [0.2, 0.25) is 0 Å². The Labute approximate surface area is 425 Å². The van der Waals surface area contributed by atoms with E-state index in [9.17, 15) is 19.5 Å². The molecule has 0 heterocycles. The highest BCUT2D eigenvalue weighted by Crippen LogP contribution is 2.16. The van der Waals surface area contributed by atoms with E-state index in [0.29, 0.717) is 23.9 Å². The van der Waals surface area contributed by atoms with Crippen LogP contribution in [0, 0.1) is 0 Å². The second kappa shape index (κ2) is 51.6. The minimum atomic E-state index is -1.51. The van der Waals surface area contributed by atoms with E-state index >= 15 is 0 Å². The summed E-state index contributed by atoms with van der Waals surface area (Å²) >= 11 is 0. The standard InChI is InChI=1S/C60H109NO8/c1-6-8-10-12-14-16-18-20-22-24-26-28-29-31-32-34-36-38-40-42-44-46-48-50-57(62)67-54-56(55-68-60(59(64)65)66-53-52-61(3,4)5)69-58(63)51-49-47-45-43-41-39-37-35-33-30-27-25-23-21-19-17-15-13-11-9-7-2/h19,21,24-27,33,35,56,60H,6-18,20,22-23,28-32,34,36-55H2,1-5H3/p+1/b21-19-,26-24-,27-25-,35-33-. The number of aliphatic carboxylic acids is 1. The number of carboxylic acid groups (broad SMARTS) is 1. The molecule has 0 aromatic heterocycles. The van der Waals surface area contributed by atoms with E-state index in [2.05, 4.69) is 62.5 Å². The number of quaternary nitrogens is 1. The molecule has 0 radical (unpaired) electrons. The zero-order valence-corrected chi connectivity index (χ0v) is 45.7. The second-order valence-corrected chi connectivity index (χ2v) is 20.6. The number of unbranched alkanes of at least 4 members (excludes halogenated alkanes) is 30. The first-order chi connectivity index (χ1) is 33.6. The van der Waals surface area contributed by atoms with Crippen molar-refractivity contribution in [3.63, 3.8) is 0 Å². The zero-order chi connectivity index (χ0) is 50.6. The van der Waals surface area contributed by atoms with Gasteiger partial charge in [0.2, 0.25) is 0 Å². The Hall–Kier alpha value is -2.75. The fraction of sp³-hybridized carbons (Fsp3) is 0.817. The van der Waals surface area contributed by atoms with E-state index in [1.165, 1.54) is 167 Å². The van der Waals surface area contributed by atoms with Crippen LogP contribution in [0.5, 0.6) is 0 Å². The van der Waals surface area contributed by atoms with Gasteiger partial charge in [0.15, 0.2) is 6.10 Å². The summed E-state index contributed by atoms with van der Waals surface area (Å²) in [4.78, 5) is 37.4. The number of esters is 2. The van der Waals surface area contributed by atoms with Gasteiger partial charge in [0.05, 0.1) is 34.4 Å². The molecule has 0 fully saturated rings. The van der Waals surface area contributed by atoms with Crippen LogP contribution in [-0.2, 0) is 33.3 Å². The molecule has 0 aliphatic heterocycles. The van der Waals surface area contributed by atoms with Gasteiger partial charge in [-0.15, -0.1) is 0 Å². The Morgan fingerprint density at radius 3 is 1.17 bits per heavy atom. The lowest BCUT2D eigenvalue weighted by Crippen LogP contribution is -2.40. The predicted octanol–water partition coefficient (Wildman–Crippen LogP) is 16.7. The maximum absolute atomic E-state index is 12.9. The highest BCUT2D eigenvalue weighted by molar-refractivity contribution is 5.71. The van der Waals surface area contributed by atoms with E-state index < -0.39 is 24.3 Å². The smallest absolute Gasteiger partial charge is 0.361 e. The summed E-state index contributed by atoms with van der Waals surface area (Å²) in [6.45, 7) is 4.87. The molecule has 0 aliphatic carbocycles. The summed E-state index contributed by atoms with van der Waals surface area (Å²) in [6.07, 6.45) is 60.4. The first-order valence-corrected chi connectivity index (χ1v) is 28.8. The van der Waals surface area contributed by atoms with Gasteiger partial charge in [-0.2, -0.15) is 0 Å². The normalized spacial score (nSPS) is 13.1. The zero-order valence-electron chi connectivity index (χ0n) is 45.7. The molecule has 2 unspecified atom stereocenters. The minimum absolute atomic E-state index is 0.184. The molecule has 1 N–H and O–H groups in total.